The van der Waals surface area contributed by atoms with Crippen molar-refractivity contribution in [3.8, 4) is 0 Å². The average molecular weight is 1250 g/mol. The summed E-state index contributed by atoms with van der Waals surface area (Å²) in [6.07, 6.45) is 102. The number of unbranched alkanes of at least 4 members (excludes halogenated alkanes) is 63. The first-order valence-corrected chi connectivity index (χ1v) is 42.4. The predicted octanol–water partition coefficient (Wildman–Crippen LogP) is 29.9. The van der Waals surface area contributed by atoms with Crippen LogP contribution in [0.15, 0.2) is 0 Å². The van der Waals surface area contributed by atoms with Crippen LogP contribution in [0.5, 0.6) is 0 Å². The summed E-state index contributed by atoms with van der Waals surface area (Å²) >= 11 is 0. The SMILES string of the molecule is CCCCCCCCCCCCCCCCCCCCCCCC[C@@H](C(=O)O)[C@H](O)CCCCCCCCCCCCCCCCC[C@@H]1C[C@@H]1CCCCCCCCCCCCCCCC[C@H](OC)[C@H](C)CCCCCCCCCCCCCCCCCC. The zero-order chi connectivity index (χ0) is 64.1. The second kappa shape index (κ2) is 71.7. The molecule has 4 heteroatoms. The highest BCUT2D eigenvalue weighted by Gasteiger charge is 2.35. The number of rotatable bonds is 79. The van der Waals surface area contributed by atoms with Crippen LogP contribution in [0.1, 0.15) is 496 Å². The number of hydrogen-bond acceptors (Lipinski definition) is 3. The third-order valence-corrected chi connectivity index (χ3v) is 22.1. The third kappa shape index (κ3) is 63.2. The van der Waals surface area contributed by atoms with Gasteiger partial charge in [0.1, 0.15) is 0 Å². The minimum Gasteiger partial charge on any atom is -0.481 e. The molecule has 532 valence electrons. The van der Waals surface area contributed by atoms with Crippen LogP contribution < -0.4 is 0 Å². The fraction of sp³-hybridized carbons (Fsp3) is 0.988. The molecule has 0 unspecified atom stereocenters. The number of methoxy groups -OCH3 is 1. The van der Waals surface area contributed by atoms with Gasteiger partial charge >= 0.3 is 5.97 Å². The van der Waals surface area contributed by atoms with Crippen LogP contribution in [0.2, 0.25) is 0 Å². The summed E-state index contributed by atoms with van der Waals surface area (Å²) in [6.45, 7) is 7.06. The van der Waals surface area contributed by atoms with Crippen molar-refractivity contribution in [3.05, 3.63) is 0 Å². The van der Waals surface area contributed by atoms with Gasteiger partial charge in [-0.15, -0.1) is 0 Å². The minimum atomic E-state index is -0.798. The van der Waals surface area contributed by atoms with Gasteiger partial charge in [0.2, 0.25) is 0 Å². The zero-order valence-corrected chi connectivity index (χ0v) is 62.0. The van der Waals surface area contributed by atoms with Gasteiger partial charge in [0.15, 0.2) is 0 Å². The minimum absolute atomic E-state index is 0.470. The highest BCUT2D eigenvalue weighted by atomic mass is 16.5. The van der Waals surface area contributed by atoms with E-state index in [0.717, 1.165) is 37.5 Å². The van der Waals surface area contributed by atoms with Crippen LogP contribution in [0, 0.1) is 23.7 Å². The fourth-order valence-corrected chi connectivity index (χ4v) is 15.4. The molecule has 1 saturated carbocycles. The molecule has 0 bridgehead atoms. The topological polar surface area (TPSA) is 66.8 Å². The Morgan fingerprint density at radius 2 is 0.506 bits per heavy atom. The van der Waals surface area contributed by atoms with E-state index in [9.17, 15) is 15.0 Å². The van der Waals surface area contributed by atoms with E-state index in [1.54, 1.807) is 6.42 Å². The second-order valence-corrected chi connectivity index (χ2v) is 30.7. The molecule has 1 aliphatic rings. The normalized spacial score (nSPS) is 15.5. The summed E-state index contributed by atoms with van der Waals surface area (Å²) in [5.74, 6) is 1.50. The lowest BCUT2D eigenvalue weighted by Gasteiger charge is -2.22. The molecule has 0 aliphatic heterocycles. The molecule has 2 N–H and O–H groups in total. The van der Waals surface area contributed by atoms with Gasteiger partial charge in [-0.3, -0.25) is 4.79 Å². The average Bonchev–Trinajstić information content (AvgIpc) is 4.32. The molecule has 0 aromatic rings. The molecule has 4 nitrogen and oxygen atoms in total. The van der Waals surface area contributed by atoms with E-state index >= 15 is 0 Å². The van der Waals surface area contributed by atoms with Crippen molar-refractivity contribution in [2.45, 2.75) is 508 Å². The van der Waals surface area contributed by atoms with Crippen molar-refractivity contribution < 1.29 is 19.7 Å². The predicted molar refractivity (Wildman–Crippen MR) is 397 cm³/mol. The number of aliphatic carboxylic acids is 1. The molecule has 0 amide bonds. The lowest BCUT2D eigenvalue weighted by atomic mass is 9.91. The van der Waals surface area contributed by atoms with Gasteiger partial charge in [-0.2, -0.15) is 0 Å². The molecule has 0 saturated heterocycles. The molecule has 1 rings (SSSR count). The van der Waals surface area contributed by atoms with E-state index in [0.29, 0.717) is 24.9 Å². The molecule has 89 heavy (non-hydrogen) atoms. The highest BCUT2D eigenvalue weighted by Crippen LogP contribution is 2.46. The Labute approximate surface area is 561 Å². The molecule has 1 fully saturated rings. The molecular formula is C85H168O4. The van der Waals surface area contributed by atoms with Gasteiger partial charge < -0.3 is 14.9 Å². The lowest BCUT2D eigenvalue weighted by molar-refractivity contribution is -0.146. The lowest BCUT2D eigenvalue weighted by Crippen LogP contribution is -2.28. The first-order chi connectivity index (χ1) is 43.9. The van der Waals surface area contributed by atoms with Gasteiger partial charge in [0, 0.05) is 7.11 Å². The van der Waals surface area contributed by atoms with Gasteiger partial charge in [-0.25, -0.2) is 0 Å². The highest BCUT2D eigenvalue weighted by molar-refractivity contribution is 5.70. The Bertz CT molecular complexity index is 1330. The Balaban J connectivity index is 1.76. The quantitative estimate of drug-likeness (QED) is 0.0596. The van der Waals surface area contributed by atoms with Crippen LogP contribution in [0.25, 0.3) is 0 Å². The van der Waals surface area contributed by atoms with Crippen LogP contribution in [0.3, 0.4) is 0 Å². The van der Waals surface area contributed by atoms with Crippen LogP contribution in [-0.4, -0.2) is 35.5 Å². The van der Waals surface area contributed by atoms with E-state index in [4.69, 9.17) is 4.74 Å². The number of aliphatic hydroxyl groups is 1. The molecule has 0 spiro atoms. The molecule has 0 heterocycles. The maximum absolute atomic E-state index is 12.0. The summed E-state index contributed by atoms with van der Waals surface area (Å²) in [4.78, 5) is 12.0. The molecule has 1 aliphatic carbocycles. The number of carboxylic acids is 1. The number of aliphatic hydroxyl groups excluding tert-OH is 1. The van der Waals surface area contributed by atoms with Gasteiger partial charge in [0.25, 0.3) is 0 Å². The summed E-state index contributed by atoms with van der Waals surface area (Å²) < 4.78 is 5.98. The van der Waals surface area contributed by atoms with E-state index in [-0.39, 0.29) is 0 Å². The first kappa shape index (κ1) is 86.4. The third-order valence-electron chi connectivity index (χ3n) is 22.1. The van der Waals surface area contributed by atoms with Crippen molar-refractivity contribution in [1.82, 2.24) is 0 Å². The number of carboxylic acid groups (broad SMARTS) is 1. The smallest absolute Gasteiger partial charge is 0.309 e. The van der Waals surface area contributed by atoms with Gasteiger partial charge in [0.05, 0.1) is 18.1 Å². The summed E-state index contributed by atoms with van der Waals surface area (Å²) in [6, 6.07) is 0. The van der Waals surface area contributed by atoms with E-state index in [1.165, 1.54) is 430 Å². The maximum atomic E-state index is 12.0. The van der Waals surface area contributed by atoms with E-state index in [1.807, 2.05) is 7.11 Å². The van der Waals surface area contributed by atoms with E-state index < -0.39 is 18.0 Å². The van der Waals surface area contributed by atoms with Gasteiger partial charge in [-0.1, -0.05) is 464 Å². The summed E-state index contributed by atoms with van der Waals surface area (Å²) in [7, 11) is 1.96. The van der Waals surface area contributed by atoms with Crippen molar-refractivity contribution in [3.63, 3.8) is 0 Å². The number of carbonyl (C=O) groups is 1. The summed E-state index contributed by atoms with van der Waals surface area (Å²) in [5.41, 5.74) is 0. The van der Waals surface area contributed by atoms with Crippen molar-refractivity contribution >= 4 is 5.97 Å². The molecule has 0 radical (unpaired) electrons. The Morgan fingerprint density at radius 1 is 0.303 bits per heavy atom. The summed E-state index contributed by atoms with van der Waals surface area (Å²) in [5, 5.41) is 20.6. The fourth-order valence-electron chi connectivity index (χ4n) is 15.4. The molecule has 0 aromatic heterocycles. The van der Waals surface area contributed by atoms with Crippen molar-refractivity contribution in [2.24, 2.45) is 23.7 Å². The van der Waals surface area contributed by atoms with E-state index in [2.05, 4.69) is 20.8 Å². The van der Waals surface area contributed by atoms with Crippen molar-refractivity contribution in [2.75, 3.05) is 7.11 Å². The standard InChI is InChI=1S/C85H168O4/c1-5-7-9-11-13-15-17-19-21-23-24-25-26-27-28-32-39-45-51-57-63-69-75-82(85(87)88)83(86)76-70-64-58-52-46-40-33-29-31-37-43-49-55-61-67-73-80-78-81(80)74-68-62-56-50-44-38-34-35-41-47-53-59-65-71-77-84(89-4)79(3)72-66-60-54-48-42-36-30-22-20-18-16-14-12-10-8-6-2/h79-84,86H,5-78H2,1-4H3,(H,87,88)/t79-,80-,81+,82-,83-,84+/m1/s1. The molecular weight excluding hydrogens is 1080 g/mol. The zero-order valence-electron chi connectivity index (χ0n) is 62.0. The number of ether oxygens (including phenoxy) is 1. The monoisotopic (exact) mass is 1250 g/mol. The first-order valence-electron chi connectivity index (χ1n) is 42.4. The molecule has 0 aromatic carbocycles. The van der Waals surface area contributed by atoms with Crippen LogP contribution >= 0.6 is 0 Å². The number of hydrogen-bond donors (Lipinski definition) is 2. The maximum Gasteiger partial charge on any atom is 0.309 e. The second-order valence-electron chi connectivity index (χ2n) is 30.7. The largest absolute Gasteiger partial charge is 0.481 e. The Hall–Kier alpha value is -0.610. The van der Waals surface area contributed by atoms with Crippen molar-refractivity contribution in [1.29, 1.82) is 0 Å². The molecule has 6 atom stereocenters. The Morgan fingerprint density at radius 3 is 0.742 bits per heavy atom. The van der Waals surface area contributed by atoms with Gasteiger partial charge in [-0.05, 0) is 49.9 Å². The Kier molecular flexibility index (Phi) is 69.6. The van der Waals surface area contributed by atoms with Crippen LogP contribution in [0.4, 0.5) is 0 Å². The van der Waals surface area contributed by atoms with Crippen LogP contribution in [-0.2, 0) is 9.53 Å².